The second kappa shape index (κ2) is 3.32. The summed E-state index contributed by atoms with van der Waals surface area (Å²) in [4.78, 5) is 14.2. The molecular weight excluding hydrogens is 158 g/mol. The fraction of sp³-hybridized carbons (Fsp3) is 0.250. The molecule has 0 aromatic carbocycles. The van der Waals surface area contributed by atoms with Crippen molar-refractivity contribution >= 4 is 6.29 Å². The summed E-state index contributed by atoms with van der Waals surface area (Å²) in [5, 5.41) is 18.2. The monoisotopic (exact) mass is 168 g/mol. The summed E-state index contributed by atoms with van der Waals surface area (Å²) >= 11 is 0. The zero-order valence-corrected chi connectivity index (χ0v) is 6.32. The highest BCUT2D eigenvalue weighted by Gasteiger charge is 2.09. The van der Waals surface area contributed by atoms with Crippen molar-refractivity contribution in [2.24, 2.45) is 0 Å². The number of carbonyl (C=O) groups excluding carboxylic acids is 1. The Morgan fingerprint density at radius 3 is 3.08 bits per heavy atom. The van der Waals surface area contributed by atoms with Crippen LogP contribution in [0.2, 0.25) is 0 Å². The van der Waals surface area contributed by atoms with Gasteiger partial charge in [0.15, 0.2) is 6.29 Å². The van der Waals surface area contributed by atoms with Crippen molar-refractivity contribution in [2.45, 2.75) is 13.5 Å². The van der Waals surface area contributed by atoms with Crippen LogP contribution < -0.4 is 0 Å². The van der Waals surface area contributed by atoms with E-state index in [2.05, 4.69) is 4.98 Å². The van der Waals surface area contributed by atoms with E-state index in [1.807, 2.05) is 0 Å². The molecule has 0 unspecified atom stereocenters. The Hall–Kier alpha value is -1.42. The van der Waals surface area contributed by atoms with Crippen LogP contribution >= 0.6 is 0 Å². The van der Waals surface area contributed by atoms with Gasteiger partial charge in [-0.2, -0.15) is 0 Å². The SMILES string of the molecule is [2H]Cc1ncc(CO)c(C=O)c1O. The van der Waals surface area contributed by atoms with Crippen LogP contribution in [0.3, 0.4) is 0 Å². The molecule has 0 spiro atoms. The Kier molecular flexibility index (Phi) is 2.00. The molecule has 0 bridgehead atoms. The standard InChI is InChI=1S/C8H9NO3/c1-5-8(12)7(4-11)6(3-10)2-9-5/h2,4,10,12H,3H2,1H3/i1D. The minimum atomic E-state index is -0.354. The normalized spacial score (nSPS) is 10.9. The zero-order valence-electron chi connectivity index (χ0n) is 7.32. The van der Waals surface area contributed by atoms with Gasteiger partial charge in [0.1, 0.15) is 5.75 Å². The van der Waals surface area contributed by atoms with E-state index in [0.717, 1.165) is 0 Å². The van der Waals surface area contributed by atoms with Crippen LogP contribution in [0.25, 0.3) is 0 Å². The number of aromatic nitrogens is 1. The van der Waals surface area contributed by atoms with Gasteiger partial charge < -0.3 is 10.2 Å². The molecule has 1 aromatic rings. The number of carbonyl (C=O) groups is 1. The van der Waals surface area contributed by atoms with Gasteiger partial charge in [0.2, 0.25) is 0 Å². The fourth-order valence-corrected chi connectivity index (χ4v) is 0.852. The highest BCUT2D eigenvalue weighted by Crippen LogP contribution is 2.21. The molecule has 1 rings (SSSR count). The van der Waals surface area contributed by atoms with Crippen LogP contribution in [0.1, 0.15) is 23.0 Å². The minimum absolute atomic E-state index is 0.0137. The van der Waals surface area contributed by atoms with Crippen LogP contribution in [0.15, 0.2) is 6.20 Å². The number of hydrogen-bond donors (Lipinski definition) is 2. The van der Waals surface area contributed by atoms with Gasteiger partial charge in [0.05, 0.1) is 17.9 Å². The third-order valence-electron chi connectivity index (χ3n) is 1.54. The van der Waals surface area contributed by atoms with Crippen LogP contribution in [0.4, 0.5) is 0 Å². The number of aryl methyl sites for hydroxylation is 1. The summed E-state index contributed by atoms with van der Waals surface area (Å²) < 4.78 is 6.98. The van der Waals surface area contributed by atoms with E-state index in [4.69, 9.17) is 6.48 Å². The maximum absolute atomic E-state index is 10.5. The zero-order chi connectivity index (χ0) is 9.84. The van der Waals surface area contributed by atoms with E-state index in [9.17, 15) is 9.90 Å². The molecule has 0 aliphatic rings. The van der Waals surface area contributed by atoms with Crippen molar-refractivity contribution in [1.29, 1.82) is 0 Å². The van der Waals surface area contributed by atoms with Crippen molar-refractivity contribution in [1.82, 2.24) is 4.98 Å². The number of pyridine rings is 1. The van der Waals surface area contributed by atoms with E-state index in [-0.39, 0.29) is 36.1 Å². The molecule has 0 aliphatic heterocycles. The first-order chi connectivity index (χ1) is 6.24. The highest BCUT2D eigenvalue weighted by molar-refractivity contribution is 5.81. The lowest BCUT2D eigenvalue weighted by Gasteiger charge is -2.04. The first-order valence-electron chi connectivity index (χ1n) is 4.00. The predicted octanol–water partition coefficient (Wildman–Crippen LogP) is 0.400. The van der Waals surface area contributed by atoms with Crippen molar-refractivity contribution < 1.29 is 16.4 Å². The number of aromatic hydroxyl groups is 1. The lowest BCUT2D eigenvalue weighted by Crippen LogP contribution is -1.96. The Bertz CT molecular complexity index is 327. The number of hydrogen-bond acceptors (Lipinski definition) is 4. The molecule has 0 saturated heterocycles. The maximum Gasteiger partial charge on any atom is 0.154 e. The summed E-state index contributed by atoms with van der Waals surface area (Å²) in [6.07, 6.45) is 1.73. The number of rotatable bonds is 2. The maximum atomic E-state index is 10.5. The van der Waals surface area contributed by atoms with E-state index < -0.39 is 0 Å². The first-order valence-corrected chi connectivity index (χ1v) is 3.29. The molecule has 2 N–H and O–H groups in total. The average Bonchev–Trinajstić information content (AvgIpc) is 2.17. The van der Waals surface area contributed by atoms with E-state index in [1.54, 1.807) is 0 Å². The molecule has 0 radical (unpaired) electrons. The lowest BCUT2D eigenvalue weighted by atomic mass is 10.1. The number of nitrogens with zero attached hydrogens (tertiary/aromatic N) is 1. The minimum Gasteiger partial charge on any atom is -0.505 e. The molecule has 0 aliphatic carbocycles. The van der Waals surface area contributed by atoms with Gasteiger partial charge in [-0.25, -0.2) is 0 Å². The quantitative estimate of drug-likeness (QED) is 0.627. The lowest BCUT2D eigenvalue weighted by molar-refractivity contribution is 0.111. The van der Waals surface area contributed by atoms with E-state index in [1.165, 1.54) is 6.20 Å². The summed E-state index contributed by atoms with van der Waals surface area (Å²) in [5.41, 5.74) is 0.420. The fourth-order valence-electron chi connectivity index (χ4n) is 0.852. The second-order valence-electron chi connectivity index (χ2n) is 2.27. The third-order valence-corrected chi connectivity index (χ3v) is 1.54. The molecule has 0 fully saturated rings. The van der Waals surface area contributed by atoms with Gasteiger partial charge >= 0.3 is 0 Å². The number of aldehydes is 1. The van der Waals surface area contributed by atoms with Crippen molar-refractivity contribution in [3.63, 3.8) is 0 Å². The van der Waals surface area contributed by atoms with Crippen LogP contribution in [0.5, 0.6) is 5.75 Å². The molecule has 0 saturated carbocycles. The smallest absolute Gasteiger partial charge is 0.154 e. The summed E-state index contributed by atoms with van der Waals surface area (Å²) in [6, 6.07) is 0. The third kappa shape index (κ3) is 1.29. The van der Waals surface area contributed by atoms with Crippen molar-refractivity contribution in [3.8, 4) is 5.75 Å². The molecule has 0 amide bonds. The van der Waals surface area contributed by atoms with E-state index in [0.29, 0.717) is 6.29 Å². The molecule has 64 valence electrons. The van der Waals surface area contributed by atoms with E-state index >= 15 is 0 Å². The van der Waals surface area contributed by atoms with Crippen LogP contribution in [-0.2, 0) is 6.61 Å². The van der Waals surface area contributed by atoms with Gasteiger partial charge in [-0.1, -0.05) is 0 Å². The Labute approximate surface area is 70.9 Å². The number of aliphatic hydroxyl groups excluding tert-OH is 1. The van der Waals surface area contributed by atoms with Crippen LogP contribution in [-0.4, -0.2) is 21.5 Å². The predicted molar refractivity (Wildman–Crippen MR) is 41.9 cm³/mol. The molecule has 0 atom stereocenters. The first kappa shape index (κ1) is 7.24. The summed E-state index contributed by atoms with van der Waals surface area (Å²) in [7, 11) is 0. The van der Waals surface area contributed by atoms with Gasteiger partial charge in [-0.3, -0.25) is 9.78 Å². The average molecular weight is 168 g/mol. The molecule has 1 heterocycles. The summed E-state index contributed by atoms with van der Waals surface area (Å²) in [5.74, 6) is -0.309. The Balaban J connectivity index is 3.31. The summed E-state index contributed by atoms with van der Waals surface area (Å²) in [6.45, 7) is -0.550. The molecule has 4 heteroatoms. The molecule has 12 heavy (non-hydrogen) atoms. The van der Waals surface area contributed by atoms with Crippen molar-refractivity contribution in [2.75, 3.05) is 0 Å². The second-order valence-corrected chi connectivity index (χ2v) is 2.27. The van der Waals surface area contributed by atoms with Gasteiger partial charge in [0, 0.05) is 13.1 Å². The molecule has 1 aromatic heterocycles. The largest absolute Gasteiger partial charge is 0.505 e. The topological polar surface area (TPSA) is 70.4 Å². The van der Waals surface area contributed by atoms with Crippen molar-refractivity contribution in [3.05, 3.63) is 23.0 Å². The van der Waals surface area contributed by atoms with Gasteiger partial charge in [0.25, 0.3) is 0 Å². The van der Waals surface area contributed by atoms with Gasteiger partial charge in [-0.05, 0) is 6.90 Å². The molecular formula is C8H9NO3. The highest BCUT2D eigenvalue weighted by atomic mass is 16.3. The Morgan fingerprint density at radius 2 is 2.58 bits per heavy atom. The Morgan fingerprint density at radius 1 is 1.83 bits per heavy atom. The van der Waals surface area contributed by atoms with Gasteiger partial charge in [-0.15, -0.1) is 0 Å². The number of aliphatic hydroxyl groups is 1. The molecule has 4 nitrogen and oxygen atoms in total. The van der Waals surface area contributed by atoms with Crippen LogP contribution in [0, 0.1) is 6.90 Å².